The molecule has 1 aliphatic heterocycles. The quantitative estimate of drug-likeness (QED) is 0.940. The molecule has 1 aromatic heterocycles. The van der Waals surface area contributed by atoms with Gasteiger partial charge in [-0.15, -0.1) is 0 Å². The Morgan fingerprint density at radius 3 is 2.91 bits per heavy atom. The minimum atomic E-state index is -0.635. The van der Waals surface area contributed by atoms with Crippen molar-refractivity contribution in [1.82, 2.24) is 4.98 Å². The van der Waals surface area contributed by atoms with E-state index >= 15 is 0 Å². The van der Waals surface area contributed by atoms with Crippen LogP contribution in [0.3, 0.4) is 0 Å². The molecule has 1 atom stereocenters. The van der Waals surface area contributed by atoms with Gasteiger partial charge in [-0.3, -0.25) is 4.79 Å². The number of aryl methyl sites for hydroxylation is 1. The summed E-state index contributed by atoms with van der Waals surface area (Å²) in [6.45, 7) is 3.28. The number of benzene rings is 1. The molecular formula is C17H18FN3O2. The number of carbonyl (C=O) groups is 1. The zero-order valence-corrected chi connectivity index (χ0v) is 12.8. The lowest BCUT2D eigenvalue weighted by Gasteiger charge is -2.21. The van der Waals surface area contributed by atoms with Crippen LogP contribution in [0.4, 0.5) is 10.1 Å². The van der Waals surface area contributed by atoms with E-state index in [1.807, 2.05) is 24.0 Å². The first kappa shape index (κ1) is 15.3. The van der Waals surface area contributed by atoms with E-state index in [1.54, 1.807) is 12.3 Å². The fourth-order valence-corrected chi connectivity index (χ4v) is 2.72. The van der Waals surface area contributed by atoms with Gasteiger partial charge in [-0.05, 0) is 30.7 Å². The highest BCUT2D eigenvalue weighted by molar-refractivity contribution is 5.98. The maximum atomic E-state index is 13.3. The molecule has 5 nitrogen and oxygen atoms in total. The third-order valence-electron chi connectivity index (χ3n) is 3.88. The molecule has 120 valence electrons. The molecule has 3 rings (SSSR count). The largest absolute Gasteiger partial charge is 0.472 e. The molecule has 1 saturated heterocycles. The maximum Gasteiger partial charge on any atom is 0.250 e. The number of halogens is 1. The van der Waals surface area contributed by atoms with E-state index in [0.29, 0.717) is 24.7 Å². The second-order valence-electron chi connectivity index (χ2n) is 5.67. The summed E-state index contributed by atoms with van der Waals surface area (Å²) in [5.41, 5.74) is 7.26. The van der Waals surface area contributed by atoms with Crippen molar-refractivity contribution in [1.29, 1.82) is 0 Å². The number of nitrogens with zero attached hydrogens (tertiary/aromatic N) is 2. The molecule has 2 N–H and O–H groups in total. The highest BCUT2D eigenvalue weighted by Crippen LogP contribution is 2.27. The SMILES string of the molecule is Cc1ccc(O[C@@H]2CCN(c3ccc(F)cc3C(N)=O)C2)nc1. The van der Waals surface area contributed by atoms with Crippen LogP contribution in [0.15, 0.2) is 36.5 Å². The number of ether oxygens (including phenoxy) is 1. The summed E-state index contributed by atoms with van der Waals surface area (Å²) in [4.78, 5) is 17.7. The first-order valence-electron chi connectivity index (χ1n) is 7.46. The highest BCUT2D eigenvalue weighted by atomic mass is 19.1. The predicted octanol–water partition coefficient (Wildman–Crippen LogP) is 2.29. The van der Waals surface area contributed by atoms with Gasteiger partial charge in [0.1, 0.15) is 11.9 Å². The van der Waals surface area contributed by atoms with E-state index in [0.717, 1.165) is 12.0 Å². The Morgan fingerprint density at radius 2 is 2.22 bits per heavy atom. The molecule has 2 aromatic rings. The summed E-state index contributed by atoms with van der Waals surface area (Å²) in [5.74, 6) is -0.529. The van der Waals surface area contributed by atoms with E-state index in [9.17, 15) is 9.18 Å². The van der Waals surface area contributed by atoms with Crippen molar-refractivity contribution in [2.45, 2.75) is 19.4 Å². The van der Waals surface area contributed by atoms with E-state index < -0.39 is 11.7 Å². The standard InChI is InChI=1S/C17H18FN3O2/c1-11-2-5-16(20-9-11)23-13-6-7-21(10-13)15-4-3-12(18)8-14(15)17(19)22/h2-5,8-9,13H,6-7,10H2,1H3,(H2,19,22)/t13-/m1/s1. The van der Waals surface area contributed by atoms with Gasteiger partial charge in [0.15, 0.2) is 0 Å². The van der Waals surface area contributed by atoms with E-state index in [-0.39, 0.29) is 11.7 Å². The topological polar surface area (TPSA) is 68.5 Å². The smallest absolute Gasteiger partial charge is 0.250 e. The fourth-order valence-electron chi connectivity index (χ4n) is 2.72. The second-order valence-corrected chi connectivity index (χ2v) is 5.67. The number of nitrogens with two attached hydrogens (primary N) is 1. The molecule has 0 unspecified atom stereocenters. The third-order valence-corrected chi connectivity index (χ3v) is 3.88. The van der Waals surface area contributed by atoms with E-state index in [1.165, 1.54) is 12.1 Å². The molecule has 1 amide bonds. The van der Waals surface area contributed by atoms with Gasteiger partial charge in [-0.1, -0.05) is 6.07 Å². The third kappa shape index (κ3) is 3.41. The summed E-state index contributed by atoms with van der Waals surface area (Å²) in [6, 6.07) is 7.87. The molecule has 6 heteroatoms. The molecule has 0 radical (unpaired) electrons. The summed E-state index contributed by atoms with van der Waals surface area (Å²) >= 11 is 0. The zero-order chi connectivity index (χ0) is 16.4. The lowest BCUT2D eigenvalue weighted by atomic mass is 10.1. The van der Waals surface area contributed by atoms with Crippen LogP contribution in [0.25, 0.3) is 0 Å². The average molecular weight is 315 g/mol. The van der Waals surface area contributed by atoms with Crippen molar-refractivity contribution in [3.63, 3.8) is 0 Å². The number of amides is 1. The van der Waals surface area contributed by atoms with Crippen LogP contribution in [0.1, 0.15) is 22.3 Å². The van der Waals surface area contributed by atoms with Gasteiger partial charge in [0.05, 0.1) is 12.1 Å². The van der Waals surface area contributed by atoms with Gasteiger partial charge in [-0.2, -0.15) is 0 Å². The summed E-state index contributed by atoms with van der Waals surface area (Å²) < 4.78 is 19.2. The van der Waals surface area contributed by atoms with Gasteiger partial charge in [0.2, 0.25) is 5.88 Å². The Labute approximate surface area is 133 Å². The number of rotatable bonds is 4. The Balaban J connectivity index is 1.72. The summed E-state index contributed by atoms with van der Waals surface area (Å²) in [5, 5.41) is 0. The van der Waals surface area contributed by atoms with Crippen LogP contribution in [-0.4, -0.2) is 30.1 Å². The van der Waals surface area contributed by atoms with Crippen molar-refractivity contribution in [2.24, 2.45) is 5.73 Å². The van der Waals surface area contributed by atoms with Crippen molar-refractivity contribution < 1.29 is 13.9 Å². The van der Waals surface area contributed by atoms with Gasteiger partial charge >= 0.3 is 0 Å². The Bertz CT molecular complexity index is 718. The van der Waals surface area contributed by atoms with E-state index in [4.69, 9.17) is 10.5 Å². The second kappa shape index (κ2) is 6.24. The first-order chi connectivity index (χ1) is 11.0. The number of hydrogen-bond donors (Lipinski definition) is 1. The van der Waals surface area contributed by atoms with E-state index in [2.05, 4.69) is 4.98 Å². The molecule has 0 saturated carbocycles. The average Bonchev–Trinajstić information content (AvgIpc) is 2.98. The maximum absolute atomic E-state index is 13.3. The van der Waals surface area contributed by atoms with Crippen molar-refractivity contribution in [3.05, 3.63) is 53.5 Å². The van der Waals surface area contributed by atoms with Crippen LogP contribution in [0.5, 0.6) is 5.88 Å². The monoisotopic (exact) mass is 315 g/mol. The number of pyridine rings is 1. The van der Waals surface area contributed by atoms with Crippen molar-refractivity contribution in [2.75, 3.05) is 18.0 Å². The molecule has 1 aromatic carbocycles. The molecule has 23 heavy (non-hydrogen) atoms. The number of hydrogen-bond acceptors (Lipinski definition) is 4. The molecule has 1 fully saturated rings. The lowest BCUT2D eigenvalue weighted by molar-refractivity contribution is 0.1000. The zero-order valence-electron chi connectivity index (χ0n) is 12.8. The molecule has 2 heterocycles. The lowest BCUT2D eigenvalue weighted by Crippen LogP contribution is -2.27. The minimum absolute atomic E-state index is 0.0315. The van der Waals surface area contributed by atoms with Crippen molar-refractivity contribution >= 4 is 11.6 Å². The number of aromatic nitrogens is 1. The van der Waals surface area contributed by atoms with Crippen LogP contribution in [0, 0.1) is 12.7 Å². The van der Waals surface area contributed by atoms with Crippen molar-refractivity contribution in [3.8, 4) is 5.88 Å². The van der Waals surface area contributed by atoms with Crippen LogP contribution in [0.2, 0.25) is 0 Å². The van der Waals surface area contributed by atoms with Crippen LogP contribution >= 0.6 is 0 Å². The molecular weight excluding hydrogens is 297 g/mol. The van der Waals surface area contributed by atoms with Crippen LogP contribution < -0.4 is 15.4 Å². The first-order valence-corrected chi connectivity index (χ1v) is 7.46. The Hall–Kier alpha value is -2.63. The van der Waals surface area contributed by atoms with Gasteiger partial charge in [0.25, 0.3) is 5.91 Å². The molecule has 0 spiro atoms. The normalized spacial score (nSPS) is 17.3. The van der Waals surface area contributed by atoms with Gasteiger partial charge < -0.3 is 15.4 Å². The highest BCUT2D eigenvalue weighted by Gasteiger charge is 2.27. The number of carbonyl (C=O) groups excluding carboxylic acids is 1. The number of primary amides is 1. The molecule has 0 bridgehead atoms. The Kier molecular flexibility index (Phi) is 4.14. The van der Waals surface area contributed by atoms with Crippen LogP contribution in [-0.2, 0) is 0 Å². The Morgan fingerprint density at radius 1 is 1.39 bits per heavy atom. The summed E-state index contributed by atoms with van der Waals surface area (Å²) in [6.07, 6.45) is 2.52. The molecule has 1 aliphatic rings. The van der Waals surface area contributed by atoms with Gasteiger partial charge in [-0.25, -0.2) is 9.37 Å². The number of anilines is 1. The fraction of sp³-hybridized carbons (Fsp3) is 0.294. The predicted molar refractivity (Wildman–Crippen MR) is 85.1 cm³/mol. The van der Waals surface area contributed by atoms with Gasteiger partial charge in [0, 0.05) is 30.9 Å². The molecule has 0 aliphatic carbocycles. The minimum Gasteiger partial charge on any atom is -0.472 e. The summed E-state index contributed by atoms with van der Waals surface area (Å²) in [7, 11) is 0.